The minimum Gasteiger partial charge on any atom is -0.408 e. The molecule has 0 fully saturated rings. The Hall–Kier alpha value is -4.83. The normalized spacial score (nSPS) is 11.7. The summed E-state index contributed by atoms with van der Waals surface area (Å²) in [5.41, 5.74) is 6.02. The predicted octanol–water partition coefficient (Wildman–Crippen LogP) is 4.56. The molecular weight excluding hydrogens is 438 g/mol. The molecule has 0 aliphatic heterocycles. The number of aromatic nitrogens is 3. The zero-order valence-electron chi connectivity index (χ0n) is 19.0. The summed E-state index contributed by atoms with van der Waals surface area (Å²) in [6, 6.07) is 30.5. The first-order chi connectivity index (χ1) is 17.1. The van der Waals surface area contributed by atoms with Crippen molar-refractivity contribution < 1.29 is 4.42 Å². The van der Waals surface area contributed by atoms with Gasteiger partial charge in [0.15, 0.2) is 5.58 Å². The standard InChI is InChI=1S/C28H21N5O2/c1-33-25-16-21(12-15-26(25)35-28(33)34)24-14-13-22(31-32-24)17-23(18-29)30-27(19-8-4-2-5-9-19)20-10-6-3-7-11-20/h2-16,23H,17H2,1H3. The molecule has 0 aliphatic carbocycles. The molecule has 3 aromatic carbocycles. The lowest BCUT2D eigenvalue weighted by molar-refractivity contribution is 0.528. The van der Waals surface area contributed by atoms with Crippen LogP contribution in [-0.4, -0.2) is 26.5 Å². The van der Waals surface area contributed by atoms with Crippen molar-refractivity contribution in [2.75, 3.05) is 0 Å². The molecule has 0 amide bonds. The molecule has 35 heavy (non-hydrogen) atoms. The van der Waals surface area contributed by atoms with Crippen LogP contribution in [0.4, 0.5) is 0 Å². The van der Waals surface area contributed by atoms with Crippen LogP contribution in [0.1, 0.15) is 16.8 Å². The Morgan fingerprint density at radius 2 is 1.66 bits per heavy atom. The molecule has 0 N–H and O–H groups in total. The van der Waals surface area contributed by atoms with E-state index >= 15 is 0 Å². The smallest absolute Gasteiger partial charge is 0.408 e. The van der Waals surface area contributed by atoms with Gasteiger partial charge in [0.25, 0.3) is 0 Å². The summed E-state index contributed by atoms with van der Waals surface area (Å²) in [6.07, 6.45) is 0.336. The zero-order chi connectivity index (χ0) is 24.2. The number of rotatable bonds is 6. The highest BCUT2D eigenvalue weighted by Crippen LogP contribution is 2.22. The van der Waals surface area contributed by atoms with E-state index in [0.29, 0.717) is 28.9 Å². The molecule has 0 aliphatic rings. The number of aliphatic imine (C=N–C) groups is 1. The number of benzene rings is 3. The molecule has 0 saturated heterocycles. The van der Waals surface area contributed by atoms with Crippen molar-refractivity contribution in [2.24, 2.45) is 12.0 Å². The van der Waals surface area contributed by atoms with Crippen molar-refractivity contribution >= 4 is 16.8 Å². The second-order valence-electron chi connectivity index (χ2n) is 8.08. The minimum absolute atomic E-state index is 0.336. The van der Waals surface area contributed by atoms with Gasteiger partial charge in [-0.25, -0.2) is 4.79 Å². The third-order valence-electron chi connectivity index (χ3n) is 5.74. The molecule has 0 radical (unpaired) electrons. The van der Waals surface area contributed by atoms with Gasteiger partial charge in [-0.3, -0.25) is 9.56 Å². The van der Waals surface area contributed by atoms with Crippen molar-refractivity contribution in [1.82, 2.24) is 14.8 Å². The highest BCUT2D eigenvalue weighted by molar-refractivity contribution is 6.13. The van der Waals surface area contributed by atoms with Crippen LogP contribution in [0.15, 0.2) is 105 Å². The summed E-state index contributed by atoms with van der Waals surface area (Å²) in [4.78, 5) is 16.6. The molecule has 2 heterocycles. The van der Waals surface area contributed by atoms with E-state index in [2.05, 4.69) is 16.3 Å². The first-order valence-corrected chi connectivity index (χ1v) is 11.1. The number of fused-ring (bicyclic) bond motifs is 1. The third kappa shape index (κ3) is 4.63. The summed E-state index contributed by atoms with van der Waals surface area (Å²) in [5, 5.41) is 18.5. The van der Waals surface area contributed by atoms with Gasteiger partial charge in [0.1, 0.15) is 6.04 Å². The average molecular weight is 460 g/mol. The van der Waals surface area contributed by atoms with Crippen molar-refractivity contribution in [2.45, 2.75) is 12.5 Å². The van der Waals surface area contributed by atoms with Crippen molar-refractivity contribution in [1.29, 1.82) is 5.26 Å². The maximum Gasteiger partial charge on any atom is 0.419 e. The van der Waals surface area contributed by atoms with Crippen LogP contribution < -0.4 is 5.76 Å². The topological polar surface area (TPSA) is 97.1 Å². The number of aryl methyl sites for hydroxylation is 1. The van der Waals surface area contributed by atoms with Crippen LogP contribution in [-0.2, 0) is 13.5 Å². The van der Waals surface area contributed by atoms with Gasteiger partial charge in [-0.05, 0) is 30.3 Å². The van der Waals surface area contributed by atoms with Gasteiger partial charge in [0, 0.05) is 30.2 Å². The van der Waals surface area contributed by atoms with E-state index in [4.69, 9.17) is 9.41 Å². The van der Waals surface area contributed by atoms with Crippen molar-refractivity contribution in [3.05, 3.63) is 118 Å². The maximum absolute atomic E-state index is 11.8. The summed E-state index contributed by atoms with van der Waals surface area (Å²) < 4.78 is 6.64. The molecule has 7 nitrogen and oxygen atoms in total. The van der Waals surface area contributed by atoms with Crippen LogP contribution in [0.25, 0.3) is 22.4 Å². The summed E-state index contributed by atoms with van der Waals surface area (Å²) in [5.74, 6) is -0.410. The Morgan fingerprint density at radius 3 is 2.26 bits per heavy atom. The molecular formula is C28H21N5O2. The van der Waals surface area contributed by atoms with Gasteiger partial charge in [0.05, 0.1) is 28.7 Å². The molecule has 1 atom stereocenters. The summed E-state index contributed by atoms with van der Waals surface area (Å²) >= 11 is 0. The Balaban J connectivity index is 1.42. The van der Waals surface area contributed by atoms with Gasteiger partial charge in [-0.2, -0.15) is 15.5 Å². The number of oxazole rings is 1. The zero-order valence-corrected chi connectivity index (χ0v) is 19.0. The largest absolute Gasteiger partial charge is 0.419 e. The number of nitriles is 1. The second kappa shape index (κ2) is 9.57. The Morgan fingerprint density at radius 1 is 0.971 bits per heavy atom. The highest BCUT2D eigenvalue weighted by atomic mass is 16.4. The number of nitrogens with zero attached hydrogens (tertiary/aromatic N) is 5. The Kier molecular flexibility index (Phi) is 6.01. The lowest BCUT2D eigenvalue weighted by Gasteiger charge is -2.11. The number of hydrogen-bond acceptors (Lipinski definition) is 6. The van der Waals surface area contributed by atoms with E-state index < -0.39 is 11.8 Å². The molecule has 2 aromatic heterocycles. The molecule has 0 saturated carbocycles. The van der Waals surface area contributed by atoms with E-state index in [1.54, 1.807) is 13.1 Å². The van der Waals surface area contributed by atoms with Gasteiger partial charge in [-0.1, -0.05) is 60.7 Å². The quantitative estimate of drug-likeness (QED) is 0.347. The van der Waals surface area contributed by atoms with Crippen molar-refractivity contribution in [3.63, 3.8) is 0 Å². The van der Waals surface area contributed by atoms with Gasteiger partial charge in [0.2, 0.25) is 0 Å². The third-order valence-corrected chi connectivity index (χ3v) is 5.74. The average Bonchev–Trinajstić information content (AvgIpc) is 3.20. The van der Waals surface area contributed by atoms with Gasteiger partial charge < -0.3 is 4.42 Å². The lowest BCUT2D eigenvalue weighted by Crippen LogP contribution is -2.13. The monoisotopic (exact) mass is 459 g/mol. The molecule has 170 valence electrons. The number of hydrogen-bond donors (Lipinski definition) is 0. The first kappa shape index (κ1) is 22.0. The van der Waals surface area contributed by atoms with E-state index in [1.165, 1.54) is 4.57 Å². The van der Waals surface area contributed by atoms with E-state index in [9.17, 15) is 10.1 Å². The van der Waals surface area contributed by atoms with Crippen LogP contribution >= 0.6 is 0 Å². The molecule has 1 unspecified atom stereocenters. The second-order valence-corrected chi connectivity index (χ2v) is 8.08. The lowest BCUT2D eigenvalue weighted by atomic mass is 10.0. The molecule has 7 heteroatoms. The van der Waals surface area contributed by atoms with E-state index in [0.717, 1.165) is 22.4 Å². The fourth-order valence-electron chi connectivity index (χ4n) is 3.89. The van der Waals surface area contributed by atoms with Crippen LogP contribution in [0.5, 0.6) is 0 Å². The van der Waals surface area contributed by atoms with Crippen LogP contribution in [0.2, 0.25) is 0 Å². The van der Waals surface area contributed by atoms with E-state index in [1.807, 2.05) is 84.9 Å². The van der Waals surface area contributed by atoms with Gasteiger partial charge in [-0.15, -0.1) is 0 Å². The maximum atomic E-state index is 11.8. The molecule has 5 rings (SSSR count). The van der Waals surface area contributed by atoms with Crippen LogP contribution in [0, 0.1) is 11.3 Å². The summed E-state index contributed by atoms with van der Waals surface area (Å²) in [6.45, 7) is 0. The van der Waals surface area contributed by atoms with Crippen molar-refractivity contribution in [3.8, 4) is 17.3 Å². The highest BCUT2D eigenvalue weighted by Gasteiger charge is 2.14. The first-order valence-electron chi connectivity index (χ1n) is 11.1. The minimum atomic E-state index is -0.623. The molecule has 5 aromatic rings. The van der Waals surface area contributed by atoms with E-state index in [-0.39, 0.29) is 0 Å². The SMILES string of the molecule is Cn1c(=O)oc2ccc(-c3ccc(CC(C#N)N=C(c4ccccc4)c4ccccc4)nn3)cc21. The predicted molar refractivity (Wildman–Crippen MR) is 134 cm³/mol. The fourth-order valence-corrected chi connectivity index (χ4v) is 3.89. The van der Waals surface area contributed by atoms with Gasteiger partial charge >= 0.3 is 5.76 Å². The Bertz CT molecular complexity index is 1550. The molecule has 0 spiro atoms. The summed E-state index contributed by atoms with van der Waals surface area (Å²) in [7, 11) is 1.66. The molecule has 0 bridgehead atoms. The fraction of sp³-hybridized carbons (Fsp3) is 0.107. The van der Waals surface area contributed by atoms with Crippen LogP contribution in [0.3, 0.4) is 0 Å². The Labute approximate surface area is 201 Å².